The maximum atomic E-state index is 11.8. The van der Waals surface area contributed by atoms with Gasteiger partial charge in [0.1, 0.15) is 6.67 Å². The van der Waals surface area contributed by atoms with E-state index in [0.29, 0.717) is 5.69 Å². The Morgan fingerprint density at radius 2 is 2.62 bits per heavy atom. The predicted molar refractivity (Wildman–Crippen MR) is 31.7 cm³/mol. The Labute approximate surface area is 51.3 Å². The Morgan fingerprint density at radius 3 is 2.88 bits per heavy atom. The van der Waals surface area contributed by atoms with Crippen LogP contribution in [0.25, 0.3) is 0 Å². The van der Waals surface area contributed by atoms with Crippen molar-refractivity contribution in [2.24, 2.45) is 0 Å². The number of halogens is 1. The highest BCUT2D eigenvalue weighted by molar-refractivity contribution is 7.03. The molecule has 0 aliphatic rings. The Morgan fingerprint density at radius 1 is 1.88 bits per heavy atom. The van der Waals surface area contributed by atoms with Crippen molar-refractivity contribution in [3.63, 3.8) is 0 Å². The molecule has 0 N–H and O–H groups in total. The van der Waals surface area contributed by atoms with Crippen molar-refractivity contribution in [3.8, 4) is 0 Å². The van der Waals surface area contributed by atoms with Gasteiger partial charge in [0.2, 0.25) is 0 Å². The topological polar surface area (TPSA) is 12.9 Å². The fourth-order valence-corrected chi connectivity index (χ4v) is 1.11. The molecule has 1 nitrogen and oxygen atoms in total. The highest BCUT2D eigenvalue weighted by Crippen LogP contribution is 2.08. The Bertz CT molecular complexity index is 173. The van der Waals surface area contributed by atoms with Crippen LogP contribution >= 0.6 is 11.5 Å². The molecule has 0 spiro atoms. The molecule has 0 fully saturated rings. The van der Waals surface area contributed by atoms with E-state index >= 15 is 0 Å². The van der Waals surface area contributed by atoms with Gasteiger partial charge in [-0.3, -0.25) is 0 Å². The smallest absolute Gasteiger partial charge is 0.133 e. The molecule has 0 radical (unpaired) electrons. The van der Waals surface area contributed by atoms with Gasteiger partial charge in [-0.2, -0.15) is 4.37 Å². The molecule has 8 heavy (non-hydrogen) atoms. The van der Waals surface area contributed by atoms with Gasteiger partial charge in [-0.1, -0.05) is 0 Å². The third-order valence-corrected chi connectivity index (χ3v) is 1.76. The normalized spacial score (nSPS) is 9.75. The summed E-state index contributed by atoms with van der Waals surface area (Å²) >= 11 is 1.30. The molecule has 0 aliphatic heterocycles. The summed E-state index contributed by atoms with van der Waals surface area (Å²) in [7, 11) is 0. The molecule has 1 rings (SSSR count). The van der Waals surface area contributed by atoms with Crippen LogP contribution in [0.15, 0.2) is 5.38 Å². The number of aromatic nitrogens is 1. The molecule has 1 aromatic rings. The standard InChI is InChI=1S/C5H6FNS/c1-4-3-8-7-5(4)2-6/h3H,2H2,1H3. The third kappa shape index (κ3) is 0.865. The zero-order valence-corrected chi connectivity index (χ0v) is 5.33. The monoisotopic (exact) mass is 131 g/mol. The second kappa shape index (κ2) is 2.22. The van der Waals surface area contributed by atoms with Gasteiger partial charge in [-0.25, -0.2) is 4.39 Å². The van der Waals surface area contributed by atoms with Crippen molar-refractivity contribution in [3.05, 3.63) is 16.6 Å². The fourth-order valence-electron chi connectivity index (χ4n) is 0.439. The Kier molecular flexibility index (Phi) is 1.58. The lowest BCUT2D eigenvalue weighted by molar-refractivity contribution is 0.477. The molecule has 0 aromatic carbocycles. The van der Waals surface area contributed by atoms with E-state index in [1.54, 1.807) is 0 Å². The molecule has 0 atom stereocenters. The van der Waals surface area contributed by atoms with Crippen LogP contribution in [0.2, 0.25) is 0 Å². The van der Waals surface area contributed by atoms with E-state index in [2.05, 4.69) is 4.37 Å². The molecule has 1 aromatic heterocycles. The highest BCUT2D eigenvalue weighted by atomic mass is 32.1. The van der Waals surface area contributed by atoms with E-state index in [0.717, 1.165) is 5.56 Å². The highest BCUT2D eigenvalue weighted by Gasteiger charge is 1.96. The van der Waals surface area contributed by atoms with Gasteiger partial charge in [-0.05, 0) is 24.0 Å². The number of hydrogen-bond acceptors (Lipinski definition) is 2. The predicted octanol–water partition coefficient (Wildman–Crippen LogP) is 1.92. The molecule has 0 saturated heterocycles. The summed E-state index contributed by atoms with van der Waals surface area (Å²) < 4.78 is 15.6. The minimum absolute atomic E-state index is 0.435. The average molecular weight is 131 g/mol. The van der Waals surface area contributed by atoms with E-state index in [9.17, 15) is 4.39 Å². The van der Waals surface area contributed by atoms with Crippen LogP contribution in [0.1, 0.15) is 11.3 Å². The van der Waals surface area contributed by atoms with Crippen molar-refractivity contribution in [2.45, 2.75) is 13.6 Å². The zero-order chi connectivity index (χ0) is 5.98. The van der Waals surface area contributed by atoms with Gasteiger partial charge in [0, 0.05) is 5.38 Å². The van der Waals surface area contributed by atoms with Crippen LogP contribution in [0, 0.1) is 6.92 Å². The molecular formula is C5H6FNS. The van der Waals surface area contributed by atoms with E-state index in [1.807, 2.05) is 12.3 Å². The molecule has 0 saturated carbocycles. The first-order chi connectivity index (χ1) is 3.84. The molecule has 0 unspecified atom stereocenters. The van der Waals surface area contributed by atoms with Crippen molar-refractivity contribution < 1.29 is 4.39 Å². The summed E-state index contributed by atoms with van der Waals surface area (Å²) in [5.74, 6) is 0. The third-order valence-electron chi connectivity index (χ3n) is 0.974. The number of nitrogens with zero attached hydrogens (tertiary/aromatic N) is 1. The van der Waals surface area contributed by atoms with E-state index in [1.165, 1.54) is 11.5 Å². The summed E-state index contributed by atoms with van der Waals surface area (Å²) in [6.45, 7) is 1.42. The lowest BCUT2D eigenvalue weighted by Gasteiger charge is -1.83. The van der Waals surface area contributed by atoms with Crippen LogP contribution in [0.5, 0.6) is 0 Å². The van der Waals surface area contributed by atoms with Gasteiger partial charge in [0.05, 0.1) is 5.69 Å². The van der Waals surface area contributed by atoms with E-state index in [-0.39, 0.29) is 0 Å². The van der Waals surface area contributed by atoms with Gasteiger partial charge >= 0.3 is 0 Å². The van der Waals surface area contributed by atoms with Crippen LogP contribution < -0.4 is 0 Å². The van der Waals surface area contributed by atoms with Crippen LogP contribution in [0.4, 0.5) is 4.39 Å². The summed E-state index contributed by atoms with van der Waals surface area (Å²) in [5, 5.41) is 1.84. The minimum atomic E-state index is -0.435. The lowest BCUT2D eigenvalue weighted by atomic mass is 10.3. The molecule has 0 bridgehead atoms. The van der Waals surface area contributed by atoms with Gasteiger partial charge < -0.3 is 0 Å². The van der Waals surface area contributed by atoms with Crippen LogP contribution in [-0.4, -0.2) is 4.37 Å². The van der Waals surface area contributed by atoms with E-state index < -0.39 is 6.67 Å². The van der Waals surface area contributed by atoms with Gasteiger partial charge in [-0.15, -0.1) is 0 Å². The first kappa shape index (κ1) is 5.69. The molecule has 0 aliphatic carbocycles. The summed E-state index contributed by atoms with van der Waals surface area (Å²) in [5.41, 5.74) is 1.53. The number of aryl methyl sites for hydroxylation is 1. The van der Waals surface area contributed by atoms with Gasteiger partial charge in [0.15, 0.2) is 0 Å². The molecule has 1 heterocycles. The van der Waals surface area contributed by atoms with Crippen LogP contribution in [0.3, 0.4) is 0 Å². The number of rotatable bonds is 1. The summed E-state index contributed by atoms with van der Waals surface area (Å²) in [6, 6.07) is 0. The van der Waals surface area contributed by atoms with Crippen molar-refractivity contribution in [1.82, 2.24) is 4.37 Å². The number of alkyl halides is 1. The summed E-state index contributed by atoms with van der Waals surface area (Å²) in [4.78, 5) is 0. The quantitative estimate of drug-likeness (QED) is 0.567. The molecular weight excluding hydrogens is 125 g/mol. The van der Waals surface area contributed by atoms with Crippen molar-refractivity contribution in [1.29, 1.82) is 0 Å². The van der Waals surface area contributed by atoms with E-state index in [4.69, 9.17) is 0 Å². The Balaban J connectivity index is 2.92. The Hall–Kier alpha value is -0.440. The van der Waals surface area contributed by atoms with Gasteiger partial charge in [0.25, 0.3) is 0 Å². The second-order valence-corrected chi connectivity index (χ2v) is 2.21. The second-order valence-electron chi connectivity index (χ2n) is 1.58. The van der Waals surface area contributed by atoms with Crippen LogP contribution in [-0.2, 0) is 6.67 Å². The van der Waals surface area contributed by atoms with Crippen molar-refractivity contribution >= 4 is 11.5 Å². The maximum Gasteiger partial charge on any atom is 0.133 e. The largest absolute Gasteiger partial charge is 0.244 e. The first-order valence-corrected chi connectivity index (χ1v) is 3.14. The molecule has 3 heteroatoms. The fraction of sp³-hybridized carbons (Fsp3) is 0.400. The molecule has 44 valence electrons. The number of hydrogen-bond donors (Lipinski definition) is 0. The SMILES string of the molecule is Cc1csnc1CF. The average Bonchev–Trinajstić information content (AvgIpc) is 2.14. The first-order valence-electron chi connectivity index (χ1n) is 2.30. The van der Waals surface area contributed by atoms with Crippen molar-refractivity contribution in [2.75, 3.05) is 0 Å². The maximum absolute atomic E-state index is 11.8. The zero-order valence-electron chi connectivity index (χ0n) is 4.52. The minimum Gasteiger partial charge on any atom is -0.244 e. The lowest BCUT2D eigenvalue weighted by Crippen LogP contribution is -1.78. The molecule has 0 amide bonds. The summed E-state index contributed by atoms with van der Waals surface area (Å²) in [6.07, 6.45) is 0.